The molecule has 0 bridgehead atoms. The summed E-state index contributed by atoms with van der Waals surface area (Å²) in [6, 6.07) is 10.3. The molecule has 1 aliphatic rings. The molecular weight excluding hydrogens is 414 g/mol. The maximum atomic E-state index is 12.9. The van der Waals surface area contributed by atoms with E-state index in [1.807, 2.05) is 0 Å². The van der Waals surface area contributed by atoms with E-state index < -0.39 is 28.6 Å². The Morgan fingerprint density at radius 1 is 1.14 bits per heavy atom. The van der Waals surface area contributed by atoms with Gasteiger partial charge in [-0.1, -0.05) is 11.6 Å². The predicted molar refractivity (Wildman–Crippen MR) is 100 cm³/mol. The quantitative estimate of drug-likeness (QED) is 0.757. The molecule has 1 N–H and O–H groups in total. The van der Waals surface area contributed by atoms with E-state index in [0.717, 1.165) is 0 Å². The summed E-state index contributed by atoms with van der Waals surface area (Å²) >= 11 is 5.81. The van der Waals surface area contributed by atoms with E-state index >= 15 is 0 Å². The lowest BCUT2D eigenvalue weighted by Crippen LogP contribution is -2.43. The summed E-state index contributed by atoms with van der Waals surface area (Å²) in [6.45, 7) is -2.71. The molecule has 28 heavy (non-hydrogen) atoms. The van der Waals surface area contributed by atoms with Gasteiger partial charge in [0.1, 0.15) is 11.8 Å². The summed E-state index contributed by atoms with van der Waals surface area (Å²) in [6.07, 6.45) is 0.928. The van der Waals surface area contributed by atoms with Crippen LogP contribution in [0.1, 0.15) is 12.8 Å². The zero-order valence-corrected chi connectivity index (χ0v) is 16.1. The number of amides is 1. The first-order chi connectivity index (χ1) is 13.3. The van der Waals surface area contributed by atoms with Crippen LogP contribution in [0.2, 0.25) is 5.02 Å². The van der Waals surface area contributed by atoms with Crippen molar-refractivity contribution in [3.05, 3.63) is 53.6 Å². The SMILES string of the molecule is O=C(Nc1ccc(OC(F)F)cc1)[C@@H]1CCCN1S(=O)(=O)c1ccc(Cl)cc1. The second-order valence-electron chi connectivity index (χ2n) is 6.12. The number of benzene rings is 2. The normalized spacial score (nSPS) is 17.6. The highest BCUT2D eigenvalue weighted by Gasteiger charge is 2.39. The van der Waals surface area contributed by atoms with Crippen LogP contribution in [0.4, 0.5) is 14.5 Å². The third-order valence-electron chi connectivity index (χ3n) is 4.27. The largest absolute Gasteiger partial charge is 0.435 e. The van der Waals surface area contributed by atoms with Gasteiger partial charge in [-0.2, -0.15) is 13.1 Å². The molecule has 0 unspecified atom stereocenters. The maximum Gasteiger partial charge on any atom is 0.387 e. The maximum absolute atomic E-state index is 12.9. The average molecular weight is 431 g/mol. The summed E-state index contributed by atoms with van der Waals surface area (Å²) < 4.78 is 55.5. The molecule has 1 heterocycles. The van der Waals surface area contributed by atoms with Gasteiger partial charge in [-0.15, -0.1) is 0 Å². The van der Waals surface area contributed by atoms with E-state index in [2.05, 4.69) is 10.1 Å². The summed E-state index contributed by atoms with van der Waals surface area (Å²) in [4.78, 5) is 12.7. The lowest BCUT2D eigenvalue weighted by molar-refractivity contribution is -0.119. The van der Waals surface area contributed by atoms with Gasteiger partial charge in [-0.25, -0.2) is 8.42 Å². The van der Waals surface area contributed by atoms with Crippen LogP contribution in [0.5, 0.6) is 5.75 Å². The Hall–Kier alpha value is -2.23. The van der Waals surface area contributed by atoms with Crippen LogP contribution in [0.15, 0.2) is 53.4 Å². The van der Waals surface area contributed by atoms with E-state index in [-0.39, 0.29) is 17.2 Å². The van der Waals surface area contributed by atoms with Crippen molar-refractivity contribution in [3.8, 4) is 5.75 Å². The number of rotatable bonds is 6. The van der Waals surface area contributed by atoms with Crippen LogP contribution >= 0.6 is 11.6 Å². The van der Waals surface area contributed by atoms with Gasteiger partial charge in [0.05, 0.1) is 4.90 Å². The molecule has 0 spiro atoms. The monoisotopic (exact) mass is 430 g/mol. The van der Waals surface area contributed by atoms with Crippen molar-refractivity contribution in [3.63, 3.8) is 0 Å². The number of anilines is 1. The molecule has 10 heteroatoms. The molecule has 1 aliphatic heterocycles. The number of halogens is 3. The average Bonchev–Trinajstić information content (AvgIpc) is 3.14. The molecule has 0 aromatic heterocycles. The smallest absolute Gasteiger partial charge is 0.387 e. The number of carbonyl (C=O) groups excluding carboxylic acids is 1. The molecule has 6 nitrogen and oxygen atoms in total. The van der Waals surface area contributed by atoms with Gasteiger partial charge in [0, 0.05) is 17.3 Å². The van der Waals surface area contributed by atoms with Gasteiger partial charge in [0.15, 0.2) is 0 Å². The van der Waals surface area contributed by atoms with E-state index in [0.29, 0.717) is 23.6 Å². The van der Waals surface area contributed by atoms with Crippen LogP contribution in [0, 0.1) is 0 Å². The highest BCUT2D eigenvalue weighted by molar-refractivity contribution is 7.89. The number of ether oxygens (including phenoxy) is 1. The molecular formula is C18H17ClF2N2O4S. The number of alkyl halides is 2. The van der Waals surface area contributed by atoms with Gasteiger partial charge in [-0.05, 0) is 61.4 Å². The molecule has 1 fully saturated rings. The fourth-order valence-corrected chi connectivity index (χ4v) is 4.76. The third-order valence-corrected chi connectivity index (χ3v) is 6.45. The topological polar surface area (TPSA) is 75.7 Å². The van der Waals surface area contributed by atoms with Gasteiger partial charge in [-0.3, -0.25) is 4.79 Å². The molecule has 1 saturated heterocycles. The van der Waals surface area contributed by atoms with E-state index in [4.69, 9.17) is 11.6 Å². The Labute approximate surface area is 166 Å². The number of nitrogens with zero attached hydrogens (tertiary/aromatic N) is 1. The van der Waals surface area contributed by atoms with Gasteiger partial charge >= 0.3 is 6.61 Å². The van der Waals surface area contributed by atoms with E-state index in [1.165, 1.54) is 52.8 Å². The second kappa shape index (κ2) is 8.42. The third kappa shape index (κ3) is 4.60. The zero-order chi connectivity index (χ0) is 20.3. The number of carbonyl (C=O) groups is 1. The van der Waals surface area contributed by atoms with Crippen LogP contribution in [0.25, 0.3) is 0 Å². The van der Waals surface area contributed by atoms with Crippen LogP contribution < -0.4 is 10.1 Å². The fourth-order valence-electron chi connectivity index (χ4n) is 2.98. The van der Waals surface area contributed by atoms with Gasteiger partial charge < -0.3 is 10.1 Å². The van der Waals surface area contributed by atoms with Crippen LogP contribution in [-0.4, -0.2) is 37.8 Å². The lowest BCUT2D eigenvalue weighted by atomic mass is 10.2. The molecule has 3 rings (SSSR count). The molecule has 0 radical (unpaired) electrons. The summed E-state index contributed by atoms with van der Waals surface area (Å²) in [5, 5.41) is 3.03. The van der Waals surface area contributed by atoms with Crippen molar-refractivity contribution in [2.45, 2.75) is 30.4 Å². The minimum Gasteiger partial charge on any atom is -0.435 e. The number of sulfonamides is 1. The van der Waals surface area contributed by atoms with E-state index in [9.17, 15) is 22.0 Å². The van der Waals surface area contributed by atoms with Crippen molar-refractivity contribution in [2.24, 2.45) is 0 Å². The highest BCUT2D eigenvalue weighted by atomic mass is 35.5. The molecule has 0 saturated carbocycles. The first-order valence-electron chi connectivity index (χ1n) is 8.40. The Kier molecular flexibility index (Phi) is 6.17. The van der Waals surface area contributed by atoms with Crippen molar-refractivity contribution in [1.29, 1.82) is 0 Å². The number of hydrogen-bond donors (Lipinski definition) is 1. The Morgan fingerprint density at radius 3 is 2.39 bits per heavy atom. The Balaban J connectivity index is 1.73. The summed E-state index contributed by atoms with van der Waals surface area (Å²) in [5.74, 6) is -0.529. The number of hydrogen-bond acceptors (Lipinski definition) is 4. The Bertz CT molecular complexity index is 937. The molecule has 1 amide bonds. The van der Waals surface area contributed by atoms with Crippen LogP contribution in [-0.2, 0) is 14.8 Å². The first kappa shape index (κ1) is 20.5. The minimum atomic E-state index is -3.85. The Morgan fingerprint density at radius 2 is 1.79 bits per heavy atom. The summed E-state index contributed by atoms with van der Waals surface area (Å²) in [5.41, 5.74) is 0.349. The van der Waals surface area contributed by atoms with Crippen molar-refractivity contribution in [1.82, 2.24) is 4.31 Å². The van der Waals surface area contributed by atoms with Gasteiger partial charge in [0.2, 0.25) is 15.9 Å². The standard InChI is InChI=1S/C18H17ClF2N2O4S/c19-12-3-9-15(10-4-12)28(25,26)23-11-1-2-16(23)17(24)22-13-5-7-14(8-6-13)27-18(20)21/h3-10,16,18H,1-2,11H2,(H,22,24)/t16-/m0/s1. The molecule has 150 valence electrons. The van der Waals surface area contributed by atoms with Crippen molar-refractivity contribution < 1.29 is 26.7 Å². The zero-order valence-electron chi connectivity index (χ0n) is 14.5. The lowest BCUT2D eigenvalue weighted by Gasteiger charge is -2.23. The first-order valence-corrected chi connectivity index (χ1v) is 10.2. The predicted octanol–water partition coefficient (Wildman–Crippen LogP) is 3.73. The molecule has 0 aliphatic carbocycles. The fraction of sp³-hybridized carbons (Fsp3) is 0.278. The van der Waals surface area contributed by atoms with Crippen molar-refractivity contribution in [2.75, 3.05) is 11.9 Å². The molecule has 2 aromatic rings. The minimum absolute atomic E-state index is 0.0409. The molecule has 2 aromatic carbocycles. The number of nitrogens with one attached hydrogen (secondary N) is 1. The highest BCUT2D eigenvalue weighted by Crippen LogP contribution is 2.28. The second-order valence-corrected chi connectivity index (χ2v) is 8.45. The summed E-state index contributed by atoms with van der Waals surface area (Å²) in [7, 11) is -3.85. The van der Waals surface area contributed by atoms with Crippen LogP contribution in [0.3, 0.4) is 0 Å². The van der Waals surface area contributed by atoms with Gasteiger partial charge in [0.25, 0.3) is 0 Å². The molecule has 1 atom stereocenters. The van der Waals surface area contributed by atoms with E-state index in [1.54, 1.807) is 0 Å². The van der Waals surface area contributed by atoms with Crippen molar-refractivity contribution >= 4 is 33.2 Å².